The molecule has 0 saturated carbocycles. The van der Waals surface area contributed by atoms with Crippen molar-refractivity contribution in [3.8, 4) is 11.3 Å². The van der Waals surface area contributed by atoms with Crippen molar-refractivity contribution >= 4 is 18.1 Å². The maximum absolute atomic E-state index is 13.1. The Bertz CT molecular complexity index is 1170. The summed E-state index contributed by atoms with van der Waals surface area (Å²) in [6.07, 6.45) is 9.41. The minimum atomic E-state index is -0.559. The van der Waals surface area contributed by atoms with Gasteiger partial charge in [-0.2, -0.15) is 15.4 Å². The number of likely N-dealkylation sites (tertiary alicyclic amines) is 1. The van der Waals surface area contributed by atoms with Gasteiger partial charge in [0.25, 0.3) is 5.91 Å². The van der Waals surface area contributed by atoms with E-state index in [1.165, 1.54) is 5.56 Å². The number of allylic oxidation sites excluding steroid dienone is 1. The van der Waals surface area contributed by atoms with Gasteiger partial charge in [-0.15, -0.1) is 0 Å². The normalized spacial score (nSPS) is 18.2. The Hall–Kier alpha value is -3.85. The average molecular weight is 519 g/mol. The first-order valence-electron chi connectivity index (χ1n) is 13.0. The Balaban J connectivity index is 0.000000241. The molecule has 2 aliphatic heterocycles. The van der Waals surface area contributed by atoms with E-state index in [2.05, 4.69) is 39.4 Å². The maximum atomic E-state index is 13.1. The lowest BCUT2D eigenvalue weighted by molar-refractivity contribution is -0.146. The highest BCUT2D eigenvalue weighted by Gasteiger charge is 2.42. The van der Waals surface area contributed by atoms with Crippen LogP contribution in [-0.2, 0) is 20.9 Å². The molecule has 0 aliphatic carbocycles. The topological polar surface area (TPSA) is 111 Å². The van der Waals surface area contributed by atoms with E-state index < -0.39 is 6.04 Å². The first kappa shape index (κ1) is 28.7. The third-order valence-corrected chi connectivity index (χ3v) is 6.76. The van der Waals surface area contributed by atoms with Gasteiger partial charge in [0.2, 0.25) is 5.91 Å². The van der Waals surface area contributed by atoms with Gasteiger partial charge in [-0.25, -0.2) is 0 Å². The number of amides is 2. The molecular formula is C29H38N6O3. The van der Waals surface area contributed by atoms with Crippen molar-refractivity contribution in [1.29, 1.82) is 0 Å². The van der Waals surface area contributed by atoms with Gasteiger partial charge in [0.05, 0.1) is 12.2 Å². The first-order chi connectivity index (χ1) is 18.4. The second kappa shape index (κ2) is 13.6. The number of H-pyrrole nitrogens is 1. The van der Waals surface area contributed by atoms with Crippen LogP contribution in [0.1, 0.15) is 39.2 Å². The van der Waals surface area contributed by atoms with E-state index in [1.807, 2.05) is 52.1 Å². The maximum Gasteiger partial charge on any atom is 0.255 e. The molecule has 2 amide bonds. The van der Waals surface area contributed by atoms with Crippen molar-refractivity contribution in [3.63, 3.8) is 0 Å². The lowest BCUT2D eigenvalue weighted by Gasteiger charge is -2.34. The van der Waals surface area contributed by atoms with Crippen molar-refractivity contribution in [2.75, 3.05) is 20.1 Å². The molecule has 4 rings (SSSR count). The highest BCUT2D eigenvalue weighted by atomic mass is 16.2. The second-order valence-electron chi connectivity index (χ2n) is 9.72. The van der Waals surface area contributed by atoms with E-state index in [9.17, 15) is 14.4 Å². The van der Waals surface area contributed by atoms with Crippen LogP contribution in [0.5, 0.6) is 0 Å². The number of aromatic nitrogens is 3. The number of aromatic amines is 1. The molecule has 9 nitrogen and oxygen atoms in total. The van der Waals surface area contributed by atoms with Gasteiger partial charge >= 0.3 is 0 Å². The number of carbonyl (C=O) groups excluding carboxylic acids is 3. The molecule has 1 fully saturated rings. The highest BCUT2D eigenvalue weighted by molar-refractivity contribution is 6.03. The zero-order chi connectivity index (χ0) is 27.7. The SMILES string of the molecule is C=CC1=C(/C=C\C)CN(C(C(=O)N2CCCC2C=O)C(C)C)C1=O.CNCc1ccc(-c2cn[nH]n2)cc1. The van der Waals surface area contributed by atoms with Gasteiger partial charge in [0, 0.05) is 30.8 Å². The van der Waals surface area contributed by atoms with Crippen LogP contribution < -0.4 is 5.32 Å². The summed E-state index contributed by atoms with van der Waals surface area (Å²) in [5.41, 5.74) is 4.66. The summed E-state index contributed by atoms with van der Waals surface area (Å²) < 4.78 is 0. The van der Waals surface area contributed by atoms with Crippen LogP contribution in [-0.4, -0.2) is 75.5 Å². The number of carbonyl (C=O) groups is 3. The number of benzene rings is 1. The number of aldehydes is 1. The lowest BCUT2D eigenvalue weighted by Crippen LogP contribution is -2.53. The fourth-order valence-corrected chi connectivity index (χ4v) is 4.91. The number of hydrogen-bond acceptors (Lipinski definition) is 6. The second-order valence-corrected chi connectivity index (χ2v) is 9.72. The molecule has 9 heteroatoms. The molecule has 1 aromatic heterocycles. The number of nitrogens with one attached hydrogen (secondary N) is 2. The minimum absolute atomic E-state index is 0.0367. The molecular weight excluding hydrogens is 480 g/mol. The van der Waals surface area contributed by atoms with Crippen molar-refractivity contribution in [2.45, 2.75) is 52.2 Å². The van der Waals surface area contributed by atoms with Crippen molar-refractivity contribution < 1.29 is 14.4 Å². The molecule has 3 heterocycles. The van der Waals surface area contributed by atoms with Crippen LogP contribution in [0.3, 0.4) is 0 Å². The molecule has 2 unspecified atom stereocenters. The Labute approximate surface area is 224 Å². The Morgan fingerprint density at radius 3 is 2.58 bits per heavy atom. The van der Waals surface area contributed by atoms with Crippen LogP contribution in [0.4, 0.5) is 0 Å². The lowest BCUT2D eigenvalue weighted by atomic mass is 10.0. The molecule has 0 radical (unpaired) electrons. The summed E-state index contributed by atoms with van der Waals surface area (Å²) >= 11 is 0. The summed E-state index contributed by atoms with van der Waals surface area (Å²) in [5.74, 6) is -0.324. The zero-order valence-electron chi connectivity index (χ0n) is 22.7. The molecule has 2 atom stereocenters. The molecule has 2 aliphatic rings. The van der Waals surface area contributed by atoms with Crippen molar-refractivity contribution in [2.24, 2.45) is 5.92 Å². The molecule has 0 spiro atoms. The fraction of sp³-hybridized carbons (Fsp3) is 0.414. The van der Waals surface area contributed by atoms with Gasteiger partial charge in [-0.1, -0.05) is 62.9 Å². The fourth-order valence-electron chi connectivity index (χ4n) is 4.91. The summed E-state index contributed by atoms with van der Waals surface area (Å²) in [6, 6.07) is 7.34. The molecule has 0 bridgehead atoms. The molecule has 1 saturated heterocycles. The molecule has 1 aromatic carbocycles. The number of nitrogens with zero attached hydrogens (tertiary/aromatic N) is 4. The Kier molecular flexibility index (Phi) is 10.3. The first-order valence-corrected chi connectivity index (χ1v) is 13.0. The summed E-state index contributed by atoms with van der Waals surface area (Å²) in [7, 11) is 1.94. The van der Waals surface area contributed by atoms with Crippen LogP contribution in [0.15, 0.2) is 66.4 Å². The Morgan fingerprint density at radius 1 is 1.29 bits per heavy atom. The monoisotopic (exact) mass is 518 g/mol. The highest BCUT2D eigenvalue weighted by Crippen LogP contribution is 2.28. The van der Waals surface area contributed by atoms with Crippen LogP contribution in [0.2, 0.25) is 0 Å². The van der Waals surface area contributed by atoms with E-state index in [4.69, 9.17) is 0 Å². The standard InChI is InChI=1S/C19H26N2O3.C10H12N4/c1-5-8-14-11-21(18(23)16(14)6-2)17(13(3)4)19(24)20-10-7-9-15(20)12-22;1-11-6-8-2-4-9(5-3-8)10-7-12-14-13-10/h5-6,8,12-13,15,17H,2,7,9-11H2,1,3-4H3;2-5,7,11H,6H2,1H3,(H,12,13,14)/b8-5-;. The van der Waals surface area contributed by atoms with E-state index in [1.54, 1.807) is 22.1 Å². The Morgan fingerprint density at radius 2 is 2.03 bits per heavy atom. The van der Waals surface area contributed by atoms with Crippen LogP contribution >= 0.6 is 0 Å². The number of hydrogen-bond donors (Lipinski definition) is 2. The quantitative estimate of drug-likeness (QED) is 0.493. The predicted molar refractivity (Wildman–Crippen MR) is 148 cm³/mol. The largest absolute Gasteiger partial charge is 0.331 e. The van der Waals surface area contributed by atoms with Gasteiger partial charge in [-0.3, -0.25) is 9.59 Å². The van der Waals surface area contributed by atoms with E-state index in [-0.39, 0.29) is 23.8 Å². The van der Waals surface area contributed by atoms with Gasteiger partial charge < -0.3 is 19.9 Å². The third kappa shape index (κ3) is 6.52. The molecule has 38 heavy (non-hydrogen) atoms. The smallest absolute Gasteiger partial charge is 0.255 e. The average Bonchev–Trinajstić information content (AvgIpc) is 3.67. The summed E-state index contributed by atoms with van der Waals surface area (Å²) in [6.45, 7) is 11.4. The van der Waals surface area contributed by atoms with E-state index in [0.29, 0.717) is 25.1 Å². The van der Waals surface area contributed by atoms with Crippen molar-refractivity contribution in [3.05, 3.63) is 72.0 Å². The molecule has 2 aromatic rings. The minimum Gasteiger partial charge on any atom is -0.331 e. The van der Waals surface area contributed by atoms with E-state index in [0.717, 1.165) is 36.1 Å². The zero-order valence-corrected chi connectivity index (χ0v) is 22.7. The van der Waals surface area contributed by atoms with Gasteiger partial charge in [0.15, 0.2) is 0 Å². The third-order valence-electron chi connectivity index (χ3n) is 6.76. The molecule has 202 valence electrons. The van der Waals surface area contributed by atoms with Gasteiger partial charge in [-0.05, 0) is 43.9 Å². The summed E-state index contributed by atoms with van der Waals surface area (Å²) in [5, 5.41) is 13.5. The molecule has 2 N–H and O–H groups in total. The summed E-state index contributed by atoms with van der Waals surface area (Å²) in [4.78, 5) is 40.3. The van der Waals surface area contributed by atoms with Crippen molar-refractivity contribution in [1.82, 2.24) is 30.5 Å². The van der Waals surface area contributed by atoms with E-state index >= 15 is 0 Å². The number of rotatable bonds is 9. The van der Waals surface area contributed by atoms with Crippen LogP contribution in [0, 0.1) is 5.92 Å². The predicted octanol–water partition coefficient (Wildman–Crippen LogP) is 3.29. The van der Waals surface area contributed by atoms with Crippen LogP contribution in [0.25, 0.3) is 11.3 Å². The van der Waals surface area contributed by atoms with Gasteiger partial charge in [0.1, 0.15) is 18.0 Å².